The Labute approximate surface area is 129 Å². The first kappa shape index (κ1) is 13.8. The maximum atomic E-state index is 4.50. The molecule has 0 aliphatic rings. The van der Waals surface area contributed by atoms with Gasteiger partial charge in [0.05, 0.1) is 6.54 Å². The molecule has 2 nitrogen and oxygen atoms in total. The molecule has 0 radical (unpaired) electrons. The molecule has 0 aliphatic heterocycles. The lowest BCUT2D eigenvalue weighted by Gasteiger charge is -2.05. The number of thiazole rings is 1. The van der Waals surface area contributed by atoms with E-state index in [0.717, 1.165) is 23.7 Å². The third-order valence-electron chi connectivity index (χ3n) is 3.40. The highest BCUT2D eigenvalue weighted by Crippen LogP contribution is 2.25. The summed E-state index contributed by atoms with van der Waals surface area (Å²) in [5.41, 5.74) is 3.70. The van der Waals surface area contributed by atoms with E-state index in [1.54, 1.807) is 11.3 Å². The van der Waals surface area contributed by atoms with Crippen LogP contribution in [0.1, 0.15) is 17.4 Å². The molecule has 3 rings (SSSR count). The Morgan fingerprint density at radius 1 is 1.00 bits per heavy atom. The SMILES string of the molecule is CCc1ccc(NCc2cnc(-c3ccccc3)s2)cc1. The normalized spacial score (nSPS) is 10.5. The zero-order valence-corrected chi connectivity index (χ0v) is 12.9. The predicted molar refractivity (Wildman–Crippen MR) is 90.7 cm³/mol. The molecule has 2 aromatic carbocycles. The fourth-order valence-corrected chi connectivity index (χ4v) is 3.01. The summed E-state index contributed by atoms with van der Waals surface area (Å²) < 4.78 is 0. The Bertz CT molecular complexity index is 687. The van der Waals surface area contributed by atoms with Crippen LogP contribution < -0.4 is 5.32 Å². The molecule has 0 bridgehead atoms. The highest BCUT2D eigenvalue weighted by Gasteiger charge is 2.04. The van der Waals surface area contributed by atoms with Crippen molar-refractivity contribution in [2.45, 2.75) is 19.9 Å². The Hall–Kier alpha value is -2.13. The molecule has 1 aromatic heterocycles. The van der Waals surface area contributed by atoms with Crippen LogP contribution in [0.3, 0.4) is 0 Å². The second-order valence-corrected chi connectivity index (χ2v) is 6.02. The van der Waals surface area contributed by atoms with Crippen molar-refractivity contribution in [3.8, 4) is 10.6 Å². The van der Waals surface area contributed by atoms with Crippen LogP contribution in [-0.4, -0.2) is 4.98 Å². The summed E-state index contributed by atoms with van der Waals surface area (Å²) in [6.07, 6.45) is 3.04. The van der Waals surface area contributed by atoms with Crippen LogP contribution in [0.4, 0.5) is 5.69 Å². The van der Waals surface area contributed by atoms with E-state index in [-0.39, 0.29) is 0 Å². The van der Waals surface area contributed by atoms with Crippen LogP contribution in [0.25, 0.3) is 10.6 Å². The topological polar surface area (TPSA) is 24.9 Å². The average molecular weight is 294 g/mol. The van der Waals surface area contributed by atoms with Crippen molar-refractivity contribution in [2.75, 3.05) is 5.32 Å². The summed E-state index contributed by atoms with van der Waals surface area (Å²) >= 11 is 1.74. The van der Waals surface area contributed by atoms with Gasteiger partial charge in [-0.15, -0.1) is 11.3 Å². The van der Waals surface area contributed by atoms with E-state index >= 15 is 0 Å². The summed E-state index contributed by atoms with van der Waals surface area (Å²) in [7, 11) is 0. The number of benzene rings is 2. The fourth-order valence-electron chi connectivity index (χ4n) is 2.15. The molecule has 3 aromatic rings. The Morgan fingerprint density at radius 3 is 2.48 bits per heavy atom. The van der Waals surface area contributed by atoms with Crippen molar-refractivity contribution in [2.24, 2.45) is 0 Å². The van der Waals surface area contributed by atoms with Crippen molar-refractivity contribution in [3.63, 3.8) is 0 Å². The zero-order valence-electron chi connectivity index (χ0n) is 12.0. The Morgan fingerprint density at radius 2 is 1.76 bits per heavy atom. The maximum absolute atomic E-state index is 4.50. The van der Waals surface area contributed by atoms with Crippen LogP contribution in [0.2, 0.25) is 0 Å². The summed E-state index contributed by atoms with van der Waals surface area (Å²) in [6.45, 7) is 2.99. The lowest BCUT2D eigenvalue weighted by atomic mass is 10.1. The van der Waals surface area contributed by atoms with Crippen LogP contribution in [0.15, 0.2) is 60.8 Å². The van der Waals surface area contributed by atoms with Crippen molar-refractivity contribution in [3.05, 3.63) is 71.2 Å². The third-order valence-corrected chi connectivity index (χ3v) is 4.45. The van der Waals surface area contributed by atoms with E-state index in [0.29, 0.717) is 0 Å². The first-order chi connectivity index (χ1) is 10.3. The molecule has 21 heavy (non-hydrogen) atoms. The number of hydrogen-bond donors (Lipinski definition) is 1. The number of nitrogens with zero attached hydrogens (tertiary/aromatic N) is 1. The lowest BCUT2D eigenvalue weighted by molar-refractivity contribution is 1.13. The van der Waals surface area contributed by atoms with E-state index in [2.05, 4.69) is 53.6 Å². The smallest absolute Gasteiger partial charge is 0.123 e. The minimum atomic E-state index is 0.815. The minimum absolute atomic E-state index is 0.815. The van der Waals surface area contributed by atoms with Crippen molar-refractivity contribution >= 4 is 17.0 Å². The molecule has 0 spiro atoms. The van der Waals surface area contributed by atoms with Gasteiger partial charge < -0.3 is 5.32 Å². The van der Waals surface area contributed by atoms with E-state index in [1.165, 1.54) is 16.0 Å². The highest BCUT2D eigenvalue weighted by atomic mass is 32.1. The average Bonchev–Trinajstić information content (AvgIpc) is 3.03. The zero-order chi connectivity index (χ0) is 14.5. The first-order valence-electron chi connectivity index (χ1n) is 7.18. The number of anilines is 1. The Kier molecular flexibility index (Phi) is 4.31. The number of nitrogens with one attached hydrogen (secondary N) is 1. The number of rotatable bonds is 5. The van der Waals surface area contributed by atoms with Crippen LogP contribution in [0, 0.1) is 0 Å². The molecule has 3 heteroatoms. The predicted octanol–water partition coefficient (Wildman–Crippen LogP) is 4.98. The number of hydrogen-bond acceptors (Lipinski definition) is 3. The van der Waals surface area contributed by atoms with Gasteiger partial charge in [0, 0.05) is 22.3 Å². The van der Waals surface area contributed by atoms with Gasteiger partial charge in [-0.05, 0) is 24.1 Å². The Balaban J connectivity index is 1.64. The second-order valence-electron chi connectivity index (χ2n) is 4.90. The van der Waals surface area contributed by atoms with Gasteiger partial charge in [0.25, 0.3) is 0 Å². The molecule has 0 saturated carbocycles. The van der Waals surface area contributed by atoms with Crippen LogP contribution in [-0.2, 0) is 13.0 Å². The molecule has 0 aliphatic carbocycles. The van der Waals surface area contributed by atoms with E-state index in [9.17, 15) is 0 Å². The van der Waals surface area contributed by atoms with Gasteiger partial charge >= 0.3 is 0 Å². The summed E-state index contributed by atoms with van der Waals surface area (Å²) in [4.78, 5) is 5.75. The lowest BCUT2D eigenvalue weighted by Crippen LogP contribution is -1.97. The third kappa shape index (κ3) is 3.50. The summed E-state index contributed by atoms with van der Waals surface area (Å²) in [6, 6.07) is 18.9. The molecule has 106 valence electrons. The van der Waals surface area contributed by atoms with E-state index in [4.69, 9.17) is 0 Å². The highest BCUT2D eigenvalue weighted by molar-refractivity contribution is 7.15. The van der Waals surface area contributed by atoms with Gasteiger partial charge in [-0.25, -0.2) is 4.98 Å². The molecule has 1 heterocycles. The molecule has 0 saturated heterocycles. The van der Waals surface area contributed by atoms with Gasteiger partial charge in [-0.3, -0.25) is 0 Å². The number of aromatic nitrogens is 1. The summed E-state index contributed by atoms with van der Waals surface area (Å²) in [5.74, 6) is 0. The fraction of sp³-hybridized carbons (Fsp3) is 0.167. The maximum Gasteiger partial charge on any atom is 0.123 e. The van der Waals surface area contributed by atoms with Gasteiger partial charge in [0.2, 0.25) is 0 Å². The largest absolute Gasteiger partial charge is 0.380 e. The van der Waals surface area contributed by atoms with E-state index < -0.39 is 0 Å². The minimum Gasteiger partial charge on any atom is -0.380 e. The second kappa shape index (κ2) is 6.55. The van der Waals surface area contributed by atoms with Gasteiger partial charge in [0.15, 0.2) is 0 Å². The van der Waals surface area contributed by atoms with Gasteiger partial charge in [-0.1, -0.05) is 49.4 Å². The van der Waals surface area contributed by atoms with Crippen molar-refractivity contribution in [1.29, 1.82) is 0 Å². The van der Waals surface area contributed by atoms with Gasteiger partial charge in [0.1, 0.15) is 5.01 Å². The molecule has 0 amide bonds. The molecular weight excluding hydrogens is 276 g/mol. The van der Waals surface area contributed by atoms with Gasteiger partial charge in [-0.2, -0.15) is 0 Å². The molecule has 0 atom stereocenters. The quantitative estimate of drug-likeness (QED) is 0.717. The van der Waals surface area contributed by atoms with Crippen molar-refractivity contribution < 1.29 is 0 Å². The van der Waals surface area contributed by atoms with E-state index in [1.807, 2.05) is 24.4 Å². The molecule has 0 unspecified atom stereocenters. The number of aryl methyl sites for hydroxylation is 1. The molecule has 0 fully saturated rings. The van der Waals surface area contributed by atoms with Crippen molar-refractivity contribution in [1.82, 2.24) is 4.98 Å². The standard InChI is InChI=1S/C18H18N2S/c1-2-14-8-10-16(11-9-14)19-12-17-13-20-18(21-17)15-6-4-3-5-7-15/h3-11,13,19H,2,12H2,1H3. The molecular formula is C18H18N2S. The first-order valence-corrected chi connectivity index (χ1v) is 8.00. The monoisotopic (exact) mass is 294 g/mol. The van der Waals surface area contributed by atoms with Crippen LogP contribution in [0.5, 0.6) is 0 Å². The summed E-state index contributed by atoms with van der Waals surface area (Å²) in [5, 5.41) is 4.52. The molecule has 1 N–H and O–H groups in total. The van der Waals surface area contributed by atoms with Crippen LogP contribution >= 0.6 is 11.3 Å².